The first-order valence-electron chi connectivity index (χ1n) is 11.4. The summed E-state index contributed by atoms with van der Waals surface area (Å²) in [5.41, 5.74) is -0.131. The second-order valence-electron chi connectivity index (χ2n) is 8.78. The van der Waals surface area contributed by atoms with Crippen LogP contribution in [0.1, 0.15) is 40.0 Å². The predicted molar refractivity (Wildman–Crippen MR) is 124 cm³/mol. The van der Waals surface area contributed by atoms with Gasteiger partial charge in [0.15, 0.2) is 0 Å². The molecule has 0 spiro atoms. The Hall–Kier alpha value is -2.95. The fourth-order valence-corrected chi connectivity index (χ4v) is 5.03. The number of aromatic nitrogens is 4. The van der Waals surface area contributed by atoms with Gasteiger partial charge in [0.25, 0.3) is 5.56 Å². The molecule has 0 bridgehead atoms. The van der Waals surface area contributed by atoms with Gasteiger partial charge in [0.05, 0.1) is 18.0 Å². The molecule has 1 saturated heterocycles. The Balaban J connectivity index is 1.66. The second-order valence-corrected chi connectivity index (χ2v) is 9.70. The maximum absolute atomic E-state index is 13.2. The van der Waals surface area contributed by atoms with E-state index < -0.39 is 5.69 Å². The number of amides is 1. The second kappa shape index (κ2) is 9.50. The van der Waals surface area contributed by atoms with E-state index >= 15 is 0 Å². The maximum Gasteiger partial charge on any atom is 0.352 e. The van der Waals surface area contributed by atoms with Crippen molar-refractivity contribution >= 4 is 39.2 Å². The van der Waals surface area contributed by atoms with Gasteiger partial charge in [-0.2, -0.15) is 0 Å². The lowest BCUT2D eigenvalue weighted by Gasteiger charge is -2.31. The monoisotopic (exact) mass is 475 g/mol. The minimum atomic E-state index is -0.459. The van der Waals surface area contributed by atoms with Crippen molar-refractivity contribution in [3.63, 3.8) is 0 Å². The van der Waals surface area contributed by atoms with Gasteiger partial charge in [-0.05, 0) is 43.6 Å². The summed E-state index contributed by atoms with van der Waals surface area (Å²) in [6.07, 6.45) is 2.13. The summed E-state index contributed by atoms with van der Waals surface area (Å²) >= 11 is 1.29. The molecule has 1 atom stereocenters. The van der Waals surface area contributed by atoms with E-state index in [-0.39, 0.29) is 42.2 Å². The van der Waals surface area contributed by atoms with Crippen LogP contribution in [0, 0.1) is 11.8 Å². The van der Waals surface area contributed by atoms with E-state index in [9.17, 15) is 19.2 Å². The number of ether oxygens (including phenoxy) is 1. The number of piperidine rings is 1. The highest BCUT2D eigenvalue weighted by Gasteiger charge is 2.30. The van der Waals surface area contributed by atoms with Crippen LogP contribution in [-0.2, 0) is 27.4 Å². The first-order valence-corrected chi connectivity index (χ1v) is 12.2. The van der Waals surface area contributed by atoms with Crippen molar-refractivity contribution in [1.82, 2.24) is 23.6 Å². The molecule has 0 radical (unpaired) electrons. The number of hydrogen-bond donors (Lipinski definition) is 0. The zero-order valence-corrected chi connectivity index (χ0v) is 20.0. The van der Waals surface area contributed by atoms with Crippen molar-refractivity contribution in [2.75, 3.05) is 19.7 Å². The van der Waals surface area contributed by atoms with E-state index in [2.05, 4.69) is 18.9 Å². The van der Waals surface area contributed by atoms with Crippen LogP contribution < -0.4 is 11.2 Å². The molecule has 0 saturated carbocycles. The molecular weight excluding hydrogens is 446 g/mol. The minimum absolute atomic E-state index is 0.176. The minimum Gasteiger partial charge on any atom is -0.466 e. The number of aryl methyl sites for hydroxylation is 1. The third-order valence-corrected chi connectivity index (χ3v) is 6.89. The van der Waals surface area contributed by atoms with Gasteiger partial charge in [0.1, 0.15) is 11.2 Å². The SMILES string of the molecule is CCOC(=O)[C@@H]1CCCN(C(=O)Cn2nc3n(CCC(C)C)c(=O)c4sccc4n3c2=O)C1. The third-order valence-electron chi connectivity index (χ3n) is 6.00. The van der Waals surface area contributed by atoms with Crippen molar-refractivity contribution in [1.29, 1.82) is 0 Å². The Morgan fingerprint density at radius 1 is 1.30 bits per heavy atom. The Labute approximate surface area is 194 Å². The summed E-state index contributed by atoms with van der Waals surface area (Å²) in [4.78, 5) is 53.0. The number of rotatable bonds is 7. The fourth-order valence-electron chi connectivity index (χ4n) is 4.21. The van der Waals surface area contributed by atoms with E-state index in [1.165, 1.54) is 20.3 Å². The van der Waals surface area contributed by atoms with Gasteiger partial charge in [-0.25, -0.2) is 13.9 Å². The fraction of sp³-hybridized carbons (Fsp3) is 0.591. The van der Waals surface area contributed by atoms with Crippen molar-refractivity contribution < 1.29 is 14.3 Å². The van der Waals surface area contributed by atoms with Crippen molar-refractivity contribution in [3.8, 4) is 0 Å². The number of likely N-dealkylation sites (tertiary alicyclic amines) is 1. The predicted octanol–water partition coefficient (Wildman–Crippen LogP) is 1.72. The van der Waals surface area contributed by atoms with Crippen LogP contribution in [0.25, 0.3) is 16.0 Å². The summed E-state index contributed by atoms with van der Waals surface area (Å²) in [7, 11) is 0. The van der Waals surface area contributed by atoms with Gasteiger partial charge < -0.3 is 9.64 Å². The average molecular weight is 476 g/mol. The molecule has 0 unspecified atom stereocenters. The van der Waals surface area contributed by atoms with Crippen LogP contribution in [0.5, 0.6) is 0 Å². The van der Waals surface area contributed by atoms with Gasteiger partial charge in [-0.15, -0.1) is 16.4 Å². The van der Waals surface area contributed by atoms with Crippen LogP contribution in [0.3, 0.4) is 0 Å². The van der Waals surface area contributed by atoms with Gasteiger partial charge in [0, 0.05) is 19.6 Å². The molecule has 33 heavy (non-hydrogen) atoms. The Morgan fingerprint density at radius 3 is 2.82 bits per heavy atom. The Bertz CT molecular complexity index is 1300. The van der Waals surface area contributed by atoms with E-state index in [0.29, 0.717) is 48.7 Å². The van der Waals surface area contributed by atoms with Crippen LogP contribution in [0.15, 0.2) is 21.0 Å². The maximum atomic E-state index is 13.2. The first-order chi connectivity index (χ1) is 15.8. The van der Waals surface area contributed by atoms with Crippen LogP contribution in [0.4, 0.5) is 0 Å². The van der Waals surface area contributed by atoms with Gasteiger partial charge in [-0.1, -0.05) is 13.8 Å². The number of nitrogens with zero attached hydrogens (tertiary/aromatic N) is 5. The van der Waals surface area contributed by atoms with Crippen LogP contribution in [0.2, 0.25) is 0 Å². The molecule has 1 aliphatic heterocycles. The Kier molecular flexibility index (Phi) is 6.68. The molecule has 0 aromatic carbocycles. The summed E-state index contributed by atoms with van der Waals surface area (Å²) in [6, 6.07) is 1.73. The molecule has 11 heteroatoms. The van der Waals surface area contributed by atoms with Crippen LogP contribution in [-0.4, -0.2) is 55.2 Å². The number of thiophene rings is 1. The number of hydrogen-bond acceptors (Lipinski definition) is 7. The number of esters is 1. The van der Waals surface area contributed by atoms with Crippen molar-refractivity contribution in [3.05, 3.63) is 32.3 Å². The van der Waals surface area contributed by atoms with E-state index in [1.54, 1.807) is 23.3 Å². The molecular formula is C22H29N5O5S. The Morgan fingerprint density at radius 2 is 2.09 bits per heavy atom. The smallest absolute Gasteiger partial charge is 0.352 e. The zero-order chi connectivity index (χ0) is 23.7. The molecule has 1 aliphatic rings. The number of fused-ring (bicyclic) bond motifs is 3. The summed E-state index contributed by atoms with van der Waals surface area (Å²) in [5, 5.41) is 6.17. The summed E-state index contributed by atoms with van der Waals surface area (Å²) in [5.74, 6) is -0.321. The average Bonchev–Trinajstić information content (AvgIpc) is 3.39. The highest BCUT2D eigenvalue weighted by molar-refractivity contribution is 7.17. The lowest BCUT2D eigenvalue weighted by Crippen LogP contribution is -2.45. The molecule has 1 amide bonds. The van der Waals surface area contributed by atoms with Crippen LogP contribution >= 0.6 is 11.3 Å². The summed E-state index contributed by atoms with van der Waals surface area (Å²) < 4.78 is 9.66. The van der Waals surface area contributed by atoms with E-state index in [4.69, 9.17) is 4.74 Å². The lowest BCUT2D eigenvalue weighted by molar-refractivity contribution is -0.151. The molecule has 0 N–H and O–H groups in total. The highest BCUT2D eigenvalue weighted by Crippen LogP contribution is 2.19. The normalized spacial score (nSPS) is 16.7. The molecule has 10 nitrogen and oxygen atoms in total. The van der Waals surface area contributed by atoms with Crippen molar-refractivity contribution in [2.24, 2.45) is 11.8 Å². The summed E-state index contributed by atoms with van der Waals surface area (Å²) in [6.45, 7) is 7.17. The highest BCUT2D eigenvalue weighted by atomic mass is 32.1. The number of carbonyl (C=O) groups excluding carboxylic acids is 2. The number of carbonyl (C=O) groups is 2. The lowest BCUT2D eigenvalue weighted by atomic mass is 9.98. The standard InChI is InChI=1S/C22H29N5O5S/c1-4-32-20(30)15-6-5-9-24(12-15)17(28)13-26-22(31)27-16-8-11-33-18(16)19(29)25(21(27)23-26)10-7-14(2)3/h8,11,14-15H,4-7,9-10,12-13H2,1-3H3/t15-/m1/s1. The first kappa shape index (κ1) is 23.2. The molecule has 1 fully saturated rings. The topological polar surface area (TPSA) is 108 Å². The van der Waals surface area contributed by atoms with Gasteiger partial charge in [0.2, 0.25) is 11.7 Å². The largest absolute Gasteiger partial charge is 0.466 e. The quantitative estimate of drug-likeness (QED) is 0.482. The van der Waals surface area contributed by atoms with E-state index in [1.807, 2.05) is 0 Å². The third kappa shape index (κ3) is 4.46. The van der Waals surface area contributed by atoms with E-state index in [0.717, 1.165) is 11.1 Å². The molecule has 3 aromatic rings. The van der Waals surface area contributed by atoms with Gasteiger partial charge in [-0.3, -0.25) is 19.0 Å². The molecule has 4 rings (SSSR count). The molecule has 4 heterocycles. The van der Waals surface area contributed by atoms with Gasteiger partial charge >= 0.3 is 11.7 Å². The zero-order valence-electron chi connectivity index (χ0n) is 19.2. The molecule has 178 valence electrons. The van der Waals surface area contributed by atoms with Crippen molar-refractivity contribution in [2.45, 2.75) is 53.1 Å². The molecule has 0 aliphatic carbocycles. The molecule has 3 aromatic heterocycles.